The minimum Gasteiger partial charge on any atom is -0.469 e. The van der Waals surface area contributed by atoms with E-state index < -0.39 is 0 Å². The first-order valence-corrected chi connectivity index (χ1v) is 5.63. The number of amides is 1. The van der Waals surface area contributed by atoms with Gasteiger partial charge in [0.1, 0.15) is 0 Å². The van der Waals surface area contributed by atoms with Gasteiger partial charge in [0.15, 0.2) is 0 Å². The summed E-state index contributed by atoms with van der Waals surface area (Å²) in [6, 6.07) is 0.411. The average molecular weight is 228 g/mol. The van der Waals surface area contributed by atoms with Crippen LogP contribution in [0.1, 0.15) is 20.3 Å². The van der Waals surface area contributed by atoms with Gasteiger partial charge in [0.25, 0.3) is 0 Å². The van der Waals surface area contributed by atoms with E-state index in [2.05, 4.69) is 23.9 Å². The van der Waals surface area contributed by atoms with Gasteiger partial charge < -0.3 is 15.0 Å². The van der Waals surface area contributed by atoms with Gasteiger partial charge in [0, 0.05) is 32.1 Å². The SMILES string of the molecule is COC(=O)C1CC(=O)N(CCNC(C)C)C1. The van der Waals surface area contributed by atoms with Gasteiger partial charge >= 0.3 is 5.97 Å². The summed E-state index contributed by atoms with van der Waals surface area (Å²) in [5.41, 5.74) is 0. The van der Waals surface area contributed by atoms with Gasteiger partial charge in [0.2, 0.25) is 5.91 Å². The molecule has 1 aliphatic heterocycles. The van der Waals surface area contributed by atoms with Crippen molar-refractivity contribution in [2.45, 2.75) is 26.3 Å². The Hall–Kier alpha value is -1.10. The van der Waals surface area contributed by atoms with Crippen LogP contribution in [0.4, 0.5) is 0 Å². The fraction of sp³-hybridized carbons (Fsp3) is 0.818. The van der Waals surface area contributed by atoms with Crippen LogP contribution in [0.25, 0.3) is 0 Å². The zero-order valence-electron chi connectivity index (χ0n) is 10.2. The first-order chi connectivity index (χ1) is 7.54. The highest BCUT2D eigenvalue weighted by Gasteiger charge is 2.34. The summed E-state index contributed by atoms with van der Waals surface area (Å²) in [5, 5.41) is 3.24. The van der Waals surface area contributed by atoms with Crippen molar-refractivity contribution in [3.63, 3.8) is 0 Å². The molecule has 1 fully saturated rings. The lowest BCUT2D eigenvalue weighted by Crippen LogP contribution is -2.36. The summed E-state index contributed by atoms with van der Waals surface area (Å²) < 4.78 is 4.64. The summed E-state index contributed by atoms with van der Waals surface area (Å²) in [5.74, 6) is -0.523. The molecule has 1 aliphatic rings. The monoisotopic (exact) mass is 228 g/mol. The van der Waals surface area contributed by atoms with Crippen molar-refractivity contribution in [2.24, 2.45) is 5.92 Å². The molecule has 0 aromatic heterocycles. The Morgan fingerprint density at radius 1 is 1.62 bits per heavy atom. The quantitative estimate of drug-likeness (QED) is 0.673. The van der Waals surface area contributed by atoms with Crippen LogP contribution in [-0.4, -0.2) is 49.6 Å². The lowest BCUT2D eigenvalue weighted by molar-refractivity contribution is -0.145. The Bertz CT molecular complexity index is 266. The second kappa shape index (κ2) is 5.84. The number of rotatable bonds is 5. The maximum absolute atomic E-state index is 11.6. The Morgan fingerprint density at radius 3 is 2.88 bits per heavy atom. The maximum Gasteiger partial charge on any atom is 0.310 e. The largest absolute Gasteiger partial charge is 0.469 e. The van der Waals surface area contributed by atoms with Gasteiger partial charge in [-0.1, -0.05) is 13.8 Å². The molecule has 0 spiro atoms. The third-order valence-electron chi connectivity index (χ3n) is 2.68. The van der Waals surface area contributed by atoms with E-state index in [-0.39, 0.29) is 24.2 Å². The van der Waals surface area contributed by atoms with E-state index in [0.717, 1.165) is 6.54 Å². The molecule has 16 heavy (non-hydrogen) atoms. The number of methoxy groups -OCH3 is 1. The van der Waals surface area contributed by atoms with Crippen LogP contribution >= 0.6 is 0 Å². The van der Waals surface area contributed by atoms with Crippen LogP contribution in [0.15, 0.2) is 0 Å². The minimum atomic E-state index is -0.285. The lowest BCUT2D eigenvalue weighted by Gasteiger charge is -2.17. The van der Waals surface area contributed by atoms with E-state index in [1.165, 1.54) is 7.11 Å². The molecule has 0 aromatic carbocycles. The minimum absolute atomic E-state index is 0.0426. The van der Waals surface area contributed by atoms with Crippen molar-refractivity contribution in [2.75, 3.05) is 26.7 Å². The van der Waals surface area contributed by atoms with E-state index in [1.54, 1.807) is 4.90 Å². The molecule has 1 saturated heterocycles. The highest BCUT2D eigenvalue weighted by atomic mass is 16.5. The predicted molar refractivity (Wildman–Crippen MR) is 59.8 cm³/mol. The molecule has 1 N–H and O–H groups in total. The van der Waals surface area contributed by atoms with Crippen LogP contribution in [-0.2, 0) is 14.3 Å². The summed E-state index contributed by atoms with van der Waals surface area (Å²) >= 11 is 0. The first kappa shape index (κ1) is 13.0. The number of carbonyl (C=O) groups is 2. The van der Waals surface area contributed by atoms with Crippen LogP contribution in [0.2, 0.25) is 0 Å². The molecule has 0 aromatic rings. The molecule has 5 nitrogen and oxygen atoms in total. The van der Waals surface area contributed by atoms with Crippen molar-refractivity contribution in [3.05, 3.63) is 0 Å². The maximum atomic E-state index is 11.6. The van der Waals surface area contributed by atoms with Crippen LogP contribution < -0.4 is 5.32 Å². The van der Waals surface area contributed by atoms with E-state index >= 15 is 0 Å². The number of likely N-dealkylation sites (tertiary alicyclic amines) is 1. The standard InChI is InChI=1S/C11H20N2O3/c1-8(2)12-4-5-13-7-9(6-10(13)14)11(15)16-3/h8-9,12H,4-7H2,1-3H3. The second-order valence-electron chi connectivity index (χ2n) is 4.37. The fourth-order valence-corrected chi connectivity index (χ4v) is 1.80. The van der Waals surface area contributed by atoms with Crippen molar-refractivity contribution in [1.29, 1.82) is 0 Å². The molecule has 0 bridgehead atoms. The molecule has 0 aliphatic carbocycles. The predicted octanol–water partition coefficient (Wildman–Crippen LogP) is 0.00590. The van der Waals surface area contributed by atoms with E-state index in [0.29, 0.717) is 19.1 Å². The number of ether oxygens (including phenoxy) is 1. The summed E-state index contributed by atoms with van der Waals surface area (Å²) in [4.78, 5) is 24.6. The summed E-state index contributed by atoms with van der Waals surface area (Å²) in [7, 11) is 1.36. The third-order valence-corrected chi connectivity index (χ3v) is 2.68. The molecule has 0 radical (unpaired) electrons. The number of hydrogen-bond acceptors (Lipinski definition) is 4. The van der Waals surface area contributed by atoms with Gasteiger partial charge in [-0.2, -0.15) is 0 Å². The smallest absolute Gasteiger partial charge is 0.310 e. The topological polar surface area (TPSA) is 58.6 Å². The molecule has 1 amide bonds. The van der Waals surface area contributed by atoms with Crippen LogP contribution in [0.5, 0.6) is 0 Å². The van der Waals surface area contributed by atoms with Crippen LogP contribution in [0.3, 0.4) is 0 Å². The van der Waals surface area contributed by atoms with Crippen LogP contribution in [0, 0.1) is 5.92 Å². The molecule has 1 rings (SSSR count). The average Bonchev–Trinajstić information content (AvgIpc) is 2.59. The van der Waals surface area contributed by atoms with Crippen molar-refractivity contribution in [3.8, 4) is 0 Å². The van der Waals surface area contributed by atoms with Crippen molar-refractivity contribution in [1.82, 2.24) is 10.2 Å². The zero-order chi connectivity index (χ0) is 12.1. The summed E-state index contributed by atoms with van der Waals surface area (Å²) in [6.07, 6.45) is 0.286. The van der Waals surface area contributed by atoms with Gasteiger partial charge in [-0.05, 0) is 0 Å². The van der Waals surface area contributed by atoms with E-state index in [4.69, 9.17) is 0 Å². The molecule has 92 valence electrons. The van der Waals surface area contributed by atoms with Crippen molar-refractivity contribution >= 4 is 11.9 Å². The summed E-state index contributed by atoms with van der Waals surface area (Å²) in [6.45, 7) is 6.03. The van der Waals surface area contributed by atoms with E-state index in [9.17, 15) is 9.59 Å². The molecule has 1 atom stereocenters. The van der Waals surface area contributed by atoms with Gasteiger partial charge in [-0.3, -0.25) is 9.59 Å². The molecular formula is C11H20N2O3. The fourth-order valence-electron chi connectivity index (χ4n) is 1.80. The number of nitrogens with zero attached hydrogens (tertiary/aromatic N) is 1. The zero-order valence-corrected chi connectivity index (χ0v) is 10.2. The molecule has 1 unspecified atom stereocenters. The Labute approximate surface area is 96.1 Å². The number of hydrogen-bond donors (Lipinski definition) is 1. The number of nitrogens with one attached hydrogen (secondary N) is 1. The number of esters is 1. The van der Waals surface area contributed by atoms with Crippen molar-refractivity contribution < 1.29 is 14.3 Å². The Morgan fingerprint density at radius 2 is 2.31 bits per heavy atom. The molecular weight excluding hydrogens is 208 g/mol. The highest BCUT2D eigenvalue weighted by molar-refractivity contribution is 5.86. The first-order valence-electron chi connectivity index (χ1n) is 5.63. The number of carbonyl (C=O) groups excluding carboxylic acids is 2. The normalized spacial score (nSPS) is 20.6. The third kappa shape index (κ3) is 3.48. The Balaban J connectivity index is 2.34. The molecule has 0 saturated carbocycles. The van der Waals surface area contributed by atoms with Gasteiger partial charge in [0.05, 0.1) is 13.0 Å². The second-order valence-corrected chi connectivity index (χ2v) is 4.37. The Kier molecular flexibility index (Phi) is 4.73. The lowest BCUT2D eigenvalue weighted by atomic mass is 10.1. The van der Waals surface area contributed by atoms with E-state index in [1.807, 2.05) is 0 Å². The molecule has 1 heterocycles. The highest BCUT2D eigenvalue weighted by Crippen LogP contribution is 2.18. The van der Waals surface area contributed by atoms with Gasteiger partial charge in [-0.25, -0.2) is 0 Å². The molecule has 5 heteroatoms. The van der Waals surface area contributed by atoms with Gasteiger partial charge in [-0.15, -0.1) is 0 Å².